The molecule has 0 bridgehead atoms. The predicted octanol–water partition coefficient (Wildman–Crippen LogP) is 1.93. The Balaban J connectivity index is 2.46. The zero-order valence-electron chi connectivity index (χ0n) is 13.2. The van der Waals surface area contributed by atoms with Gasteiger partial charge in [0.2, 0.25) is 5.91 Å². The van der Waals surface area contributed by atoms with Gasteiger partial charge in [-0.2, -0.15) is 0 Å². The number of nitrogens with zero attached hydrogens (tertiary/aromatic N) is 1. The van der Waals surface area contributed by atoms with Crippen LogP contribution in [0.1, 0.15) is 31.1 Å². The fraction of sp³-hybridized carbons (Fsp3) is 0.500. The van der Waals surface area contributed by atoms with Crippen LogP contribution in [0, 0.1) is 5.92 Å². The van der Waals surface area contributed by atoms with Crippen molar-refractivity contribution in [2.75, 3.05) is 26.7 Å². The number of hydrogen-bond donors (Lipinski definition) is 1. The van der Waals surface area contributed by atoms with E-state index in [0.717, 1.165) is 0 Å². The Morgan fingerprint density at radius 1 is 1.24 bits per heavy atom. The average molecular weight is 292 g/mol. The number of carbonyl (C=O) groups is 2. The van der Waals surface area contributed by atoms with Crippen LogP contribution in [0.3, 0.4) is 0 Å². The molecule has 5 heteroatoms. The fourth-order valence-electron chi connectivity index (χ4n) is 1.97. The van der Waals surface area contributed by atoms with E-state index in [1.807, 2.05) is 0 Å². The van der Waals surface area contributed by atoms with Gasteiger partial charge >= 0.3 is 0 Å². The highest BCUT2D eigenvalue weighted by Crippen LogP contribution is 2.10. The second-order valence-electron chi connectivity index (χ2n) is 5.34. The summed E-state index contributed by atoms with van der Waals surface area (Å²) in [5.74, 6) is 1.01. The minimum atomic E-state index is -0.147. The van der Waals surface area contributed by atoms with E-state index in [-0.39, 0.29) is 11.8 Å². The maximum Gasteiger partial charge on any atom is 0.251 e. The molecule has 0 aliphatic carbocycles. The predicted molar refractivity (Wildman–Crippen MR) is 82.4 cm³/mol. The summed E-state index contributed by atoms with van der Waals surface area (Å²) in [6, 6.07) is 6.92. The van der Waals surface area contributed by atoms with Gasteiger partial charge in [0.1, 0.15) is 5.75 Å². The topological polar surface area (TPSA) is 58.6 Å². The monoisotopic (exact) mass is 292 g/mol. The first-order valence-electron chi connectivity index (χ1n) is 7.11. The summed E-state index contributed by atoms with van der Waals surface area (Å²) in [6.07, 6.45) is 0. The molecule has 116 valence electrons. The van der Waals surface area contributed by atoms with Gasteiger partial charge < -0.3 is 15.0 Å². The molecule has 0 aliphatic heterocycles. The van der Waals surface area contributed by atoms with E-state index in [0.29, 0.717) is 36.9 Å². The van der Waals surface area contributed by atoms with Crippen molar-refractivity contribution in [2.45, 2.75) is 20.8 Å². The molecular formula is C16H24N2O3. The van der Waals surface area contributed by atoms with E-state index in [1.54, 1.807) is 43.2 Å². The van der Waals surface area contributed by atoms with E-state index in [9.17, 15) is 9.59 Å². The van der Waals surface area contributed by atoms with Crippen LogP contribution in [0.2, 0.25) is 0 Å². The fourth-order valence-corrected chi connectivity index (χ4v) is 1.97. The minimum absolute atomic E-state index is 0.0300. The highest BCUT2D eigenvalue weighted by molar-refractivity contribution is 5.94. The first-order valence-corrected chi connectivity index (χ1v) is 7.11. The molecule has 21 heavy (non-hydrogen) atoms. The van der Waals surface area contributed by atoms with Crippen molar-refractivity contribution >= 4 is 11.8 Å². The molecule has 1 N–H and O–H groups in total. The summed E-state index contributed by atoms with van der Waals surface area (Å²) in [5.41, 5.74) is 0.578. The first kappa shape index (κ1) is 17.0. The Morgan fingerprint density at radius 2 is 1.86 bits per heavy atom. The van der Waals surface area contributed by atoms with E-state index in [2.05, 4.69) is 19.2 Å². The maximum atomic E-state index is 12.0. The Hall–Kier alpha value is -2.04. The molecule has 0 saturated carbocycles. The lowest BCUT2D eigenvalue weighted by atomic mass is 10.2. The van der Waals surface area contributed by atoms with Crippen molar-refractivity contribution in [3.8, 4) is 5.75 Å². The summed E-state index contributed by atoms with van der Waals surface area (Å²) < 4.78 is 5.05. The smallest absolute Gasteiger partial charge is 0.251 e. The van der Waals surface area contributed by atoms with E-state index < -0.39 is 0 Å². The second-order valence-corrected chi connectivity index (χ2v) is 5.34. The van der Waals surface area contributed by atoms with Crippen LogP contribution < -0.4 is 10.1 Å². The summed E-state index contributed by atoms with van der Waals surface area (Å²) in [6.45, 7) is 7.34. The van der Waals surface area contributed by atoms with Crippen molar-refractivity contribution < 1.29 is 14.3 Å². The largest absolute Gasteiger partial charge is 0.497 e. The number of benzene rings is 1. The standard InChI is InChI=1S/C16H24N2O3/c1-12(2)11-18(13(3)19)10-9-17-16(20)14-5-7-15(21-4)8-6-14/h5-8,12H,9-11H2,1-4H3,(H,17,20). The number of nitrogens with one attached hydrogen (secondary N) is 1. The maximum absolute atomic E-state index is 12.0. The molecule has 0 radical (unpaired) electrons. The molecule has 1 rings (SSSR count). The van der Waals surface area contributed by atoms with Crippen molar-refractivity contribution in [1.29, 1.82) is 0 Å². The molecule has 0 saturated heterocycles. The van der Waals surface area contributed by atoms with Crippen LogP contribution in [0.4, 0.5) is 0 Å². The van der Waals surface area contributed by atoms with Crippen LogP contribution in [0.25, 0.3) is 0 Å². The molecular weight excluding hydrogens is 268 g/mol. The molecule has 0 atom stereocenters. The third-order valence-electron chi connectivity index (χ3n) is 3.05. The molecule has 1 aromatic rings. The molecule has 0 heterocycles. The summed E-state index contributed by atoms with van der Waals surface area (Å²) >= 11 is 0. The Kier molecular flexibility index (Phi) is 6.72. The van der Waals surface area contributed by atoms with Gasteiger partial charge in [0.15, 0.2) is 0 Å². The number of carbonyl (C=O) groups excluding carboxylic acids is 2. The van der Waals surface area contributed by atoms with Crippen molar-refractivity contribution in [3.05, 3.63) is 29.8 Å². The van der Waals surface area contributed by atoms with Gasteiger partial charge in [-0.1, -0.05) is 13.8 Å². The molecule has 0 spiro atoms. The third-order valence-corrected chi connectivity index (χ3v) is 3.05. The molecule has 0 aliphatic rings. The summed E-state index contributed by atoms with van der Waals surface area (Å²) in [4.78, 5) is 25.2. The van der Waals surface area contributed by atoms with Gasteiger partial charge in [-0.25, -0.2) is 0 Å². The lowest BCUT2D eigenvalue weighted by molar-refractivity contribution is -0.129. The van der Waals surface area contributed by atoms with Crippen molar-refractivity contribution in [2.24, 2.45) is 5.92 Å². The minimum Gasteiger partial charge on any atom is -0.497 e. The van der Waals surface area contributed by atoms with E-state index in [1.165, 1.54) is 0 Å². The molecule has 1 aromatic carbocycles. The molecule has 0 aromatic heterocycles. The summed E-state index contributed by atoms with van der Waals surface area (Å²) in [5, 5.41) is 2.82. The highest BCUT2D eigenvalue weighted by Gasteiger charge is 2.11. The van der Waals surface area contributed by atoms with E-state index in [4.69, 9.17) is 4.74 Å². The Morgan fingerprint density at radius 3 is 2.33 bits per heavy atom. The zero-order chi connectivity index (χ0) is 15.8. The Bertz CT molecular complexity index is 469. The molecule has 0 unspecified atom stereocenters. The number of rotatable bonds is 7. The van der Waals surface area contributed by atoms with Gasteiger partial charge in [-0.3, -0.25) is 9.59 Å². The average Bonchev–Trinajstić information content (AvgIpc) is 2.45. The number of methoxy groups -OCH3 is 1. The van der Waals surface area contributed by atoms with E-state index >= 15 is 0 Å². The molecule has 5 nitrogen and oxygen atoms in total. The van der Waals surface area contributed by atoms with Gasteiger partial charge in [-0.15, -0.1) is 0 Å². The van der Waals surface area contributed by atoms with Gasteiger partial charge in [0.25, 0.3) is 5.91 Å². The van der Waals surface area contributed by atoms with Crippen molar-refractivity contribution in [3.63, 3.8) is 0 Å². The van der Waals surface area contributed by atoms with Crippen LogP contribution in [0.15, 0.2) is 24.3 Å². The SMILES string of the molecule is COc1ccc(C(=O)NCCN(CC(C)C)C(C)=O)cc1. The van der Waals surface area contributed by atoms with Crippen LogP contribution in [-0.2, 0) is 4.79 Å². The van der Waals surface area contributed by atoms with Crippen LogP contribution in [-0.4, -0.2) is 43.5 Å². The Labute approximate surface area is 126 Å². The second kappa shape index (κ2) is 8.29. The quantitative estimate of drug-likeness (QED) is 0.835. The van der Waals surface area contributed by atoms with Gasteiger partial charge in [0.05, 0.1) is 7.11 Å². The molecule has 2 amide bonds. The lowest BCUT2D eigenvalue weighted by Gasteiger charge is -2.23. The van der Waals surface area contributed by atoms with Crippen LogP contribution in [0.5, 0.6) is 5.75 Å². The van der Waals surface area contributed by atoms with Crippen LogP contribution >= 0.6 is 0 Å². The normalized spacial score (nSPS) is 10.3. The number of amides is 2. The van der Waals surface area contributed by atoms with Gasteiger partial charge in [-0.05, 0) is 30.2 Å². The van der Waals surface area contributed by atoms with Gasteiger partial charge in [0, 0.05) is 32.1 Å². The zero-order valence-corrected chi connectivity index (χ0v) is 13.2. The van der Waals surface area contributed by atoms with Crippen molar-refractivity contribution in [1.82, 2.24) is 10.2 Å². The number of hydrogen-bond acceptors (Lipinski definition) is 3. The first-order chi connectivity index (χ1) is 9.93. The highest BCUT2D eigenvalue weighted by atomic mass is 16.5. The lowest BCUT2D eigenvalue weighted by Crippen LogP contribution is -2.39. The third kappa shape index (κ3) is 5.85. The molecule has 0 fully saturated rings. The summed E-state index contributed by atoms with van der Waals surface area (Å²) in [7, 11) is 1.58. The number of ether oxygens (including phenoxy) is 1.